The lowest BCUT2D eigenvalue weighted by Crippen LogP contribution is -2.44. The molecule has 0 bridgehead atoms. The van der Waals surface area contributed by atoms with Gasteiger partial charge in [0.1, 0.15) is 23.5 Å². The van der Waals surface area contributed by atoms with E-state index in [4.69, 9.17) is 9.47 Å². The topological polar surface area (TPSA) is 88.3 Å². The van der Waals surface area contributed by atoms with Crippen molar-refractivity contribution in [2.24, 2.45) is 5.92 Å². The van der Waals surface area contributed by atoms with E-state index in [-0.39, 0.29) is 12.2 Å². The first-order valence-corrected chi connectivity index (χ1v) is 10.3. The first-order chi connectivity index (χ1) is 14.3. The van der Waals surface area contributed by atoms with Crippen LogP contribution in [0.15, 0.2) is 30.7 Å². The van der Waals surface area contributed by atoms with Crippen LogP contribution in [0.3, 0.4) is 0 Å². The molecule has 2 aromatic heterocycles. The fourth-order valence-corrected chi connectivity index (χ4v) is 4.07. The smallest absolute Gasteiger partial charge is 0.410 e. The van der Waals surface area contributed by atoms with Gasteiger partial charge in [-0.2, -0.15) is 5.26 Å². The Morgan fingerprint density at radius 2 is 2.07 bits per heavy atom. The molecule has 0 aromatic carbocycles. The van der Waals surface area contributed by atoms with E-state index in [1.165, 1.54) is 0 Å². The summed E-state index contributed by atoms with van der Waals surface area (Å²) in [6.07, 6.45) is 7.42. The monoisotopic (exact) mass is 406 g/mol. The number of likely N-dealkylation sites (tertiary alicyclic amines) is 1. The molecule has 0 saturated carbocycles. The Morgan fingerprint density at radius 1 is 1.30 bits per heavy atom. The van der Waals surface area contributed by atoms with Crippen LogP contribution >= 0.6 is 0 Å². The molecule has 2 aliphatic rings. The van der Waals surface area contributed by atoms with E-state index in [2.05, 4.69) is 16.0 Å². The molecule has 1 atom stereocenters. The number of nitriles is 1. The van der Waals surface area contributed by atoms with Gasteiger partial charge in [-0.1, -0.05) is 0 Å². The molecule has 0 N–H and O–H groups in total. The van der Waals surface area contributed by atoms with Crippen molar-refractivity contribution in [3.8, 4) is 23.1 Å². The normalized spacial score (nSPS) is 19.0. The number of piperidine rings is 1. The Balaban J connectivity index is 1.40. The summed E-state index contributed by atoms with van der Waals surface area (Å²) in [6, 6.07) is 6.00. The van der Waals surface area contributed by atoms with Gasteiger partial charge in [0.05, 0.1) is 17.5 Å². The second-order valence-electron chi connectivity index (χ2n) is 8.88. The van der Waals surface area contributed by atoms with Crippen molar-refractivity contribution in [2.75, 3.05) is 13.1 Å². The van der Waals surface area contributed by atoms with Gasteiger partial charge in [0.15, 0.2) is 0 Å². The molecule has 1 unspecified atom stereocenters. The predicted molar refractivity (Wildman–Crippen MR) is 111 cm³/mol. The second-order valence-corrected chi connectivity index (χ2v) is 8.88. The summed E-state index contributed by atoms with van der Waals surface area (Å²) in [6.45, 7) is 7.02. The molecule has 2 aliphatic heterocycles. The summed E-state index contributed by atoms with van der Waals surface area (Å²) in [5.74, 6) is 1.20. The minimum absolute atomic E-state index is 0.0886. The molecule has 0 spiro atoms. The summed E-state index contributed by atoms with van der Waals surface area (Å²) in [7, 11) is 0. The van der Waals surface area contributed by atoms with Gasteiger partial charge in [0.25, 0.3) is 0 Å². The Kier molecular flexibility index (Phi) is 5.33. The number of carbonyl (C=O) groups excluding carboxylic acids is 1. The lowest BCUT2D eigenvalue weighted by Gasteiger charge is -2.35. The first-order valence-electron chi connectivity index (χ1n) is 10.3. The molecule has 7 nitrogen and oxygen atoms in total. The zero-order valence-electron chi connectivity index (χ0n) is 17.6. The van der Waals surface area contributed by atoms with Crippen LogP contribution in [0.25, 0.3) is 11.3 Å². The molecule has 1 amide bonds. The van der Waals surface area contributed by atoms with Crippen LogP contribution < -0.4 is 4.74 Å². The molecule has 1 saturated heterocycles. The van der Waals surface area contributed by atoms with Crippen molar-refractivity contribution in [1.29, 1.82) is 5.26 Å². The number of fused-ring (bicyclic) bond motifs is 1. The fourth-order valence-electron chi connectivity index (χ4n) is 4.07. The third-order valence-electron chi connectivity index (χ3n) is 5.58. The fraction of sp³-hybridized carbons (Fsp3) is 0.478. The summed E-state index contributed by atoms with van der Waals surface area (Å²) in [5.41, 5.74) is 2.69. The molecule has 4 heterocycles. The SMILES string of the molecule is CC(C)(C)OC(=O)N1CCC(C2Cc3cc(-c4ccncc4C#N)ncc3O2)CC1. The number of aromatic nitrogens is 2. The highest BCUT2D eigenvalue weighted by Crippen LogP contribution is 2.37. The Bertz CT molecular complexity index is 985. The lowest BCUT2D eigenvalue weighted by molar-refractivity contribution is 0.0123. The van der Waals surface area contributed by atoms with Crippen LogP contribution in [-0.2, 0) is 11.2 Å². The van der Waals surface area contributed by atoms with Gasteiger partial charge in [0.2, 0.25) is 0 Å². The molecule has 156 valence electrons. The van der Waals surface area contributed by atoms with Crippen molar-refractivity contribution >= 4 is 6.09 Å². The number of hydrogen-bond donors (Lipinski definition) is 0. The van der Waals surface area contributed by atoms with E-state index in [0.29, 0.717) is 24.6 Å². The molecule has 0 radical (unpaired) electrons. The molecule has 7 heteroatoms. The van der Waals surface area contributed by atoms with Crippen molar-refractivity contribution < 1.29 is 14.3 Å². The molecule has 30 heavy (non-hydrogen) atoms. The second kappa shape index (κ2) is 7.94. The van der Waals surface area contributed by atoms with Crippen molar-refractivity contribution in [1.82, 2.24) is 14.9 Å². The highest BCUT2D eigenvalue weighted by molar-refractivity contribution is 5.68. The maximum absolute atomic E-state index is 12.3. The van der Waals surface area contributed by atoms with Crippen LogP contribution in [0.4, 0.5) is 4.79 Å². The largest absolute Gasteiger partial charge is 0.488 e. The van der Waals surface area contributed by atoms with Crippen molar-refractivity contribution in [3.05, 3.63) is 41.9 Å². The third-order valence-corrected chi connectivity index (χ3v) is 5.58. The number of amides is 1. The standard InChI is InChI=1S/C23H26N4O3/c1-23(2,3)30-22(28)27-8-5-15(6-9-27)20-11-16-10-19(26-14-21(16)29-20)18-4-7-25-13-17(18)12-24/h4,7,10,13-15,20H,5-6,8-9,11H2,1-3H3. The van der Waals surface area contributed by atoms with Crippen molar-refractivity contribution in [2.45, 2.75) is 51.7 Å². The van der Waals surface area contributed by atoms with Crippen LogP contribution in [-0.4, -0.2) is 45.8 Å². The van der Waals surface area contributed by atoms with E-state index in [9.17, 15) is 10.1 Å². The number of pyridine rings is 2. The van der Waals surface area contributed by atoms with Gasteiger partial charge < -0.3 is 14.4 Å². The Labute approximate surface area is 176 Å². The van der Waals surface area contributed by atoms with E-state index in [1.54, 1.807) is 23.5 Å². The van der Waals surface area contributed by atoms with Gasteiger partial charge >= 0.3 is 6.09 Å². The minimum Gasteiger partial charge on any atom is -0.488 e. The van der Waals surface area contributed by atoms with Crippen molar-refractivity contribution in [3.63, 3.8) is 0 Å². The summed E-state index contributed by atoms with van der Waals surface area (Å²) < 4.78 is 11.7. The molecule has 2 aromatic rings. The number of hydrogen-bond acceptors (Lipinski definition) is 6. The van der Waals surface area contributed by atoms with Gasteiger partial charge in [-0.15, -0.1) is 0 Å². The van der Waals surface area contributed by atoms with E-state index in [1.807, 2.05) is 32.9 Å². The maximum atomic E-state index is 12.3. The zero-order chi connectivity index (χ0) is 21.3. The highest BCUT2D eigenvalue weighted by Gasteiger charge is 2.35. The number of ether oxygens (including phenoxy) is 2. The van der Waals surface area contributed by atoms with Gasteiger partial charge in [-0.3, -0.25) is 9.97 Å². The lowest BCUT2D eigenvalue weighted by atomic mass is 9.89. The summed E-state index contributed by atoms with van der Waals surface area (Å²) >= 11 is 0. The van der Waals surface area contributed by atoms with Crippen LogP contribution in [0, 0.1) is 17.2 Å². The predicted octanol–water partition coefficient (Wildman–Crippen LogP) is 3.97. The quantitative estimate of drug-likeness (QED) is 0.750. The van der Waals surface area contributed by atoms with Gasteiger partial charge in [0, 0.05) is 43.0 Å². The minimum atomic E-state index is -0.477. The number of rotatable bonds is 2. The molecular formula is C23H26N4O3. The Hall–Kier alpha value is -3.14. The maximum Gasteiger partial charge on any atom is 0.410 e. The third kappa shape index (κ3) is 4.23. The zero-order valence-corrected chi connectivity index (χ0v) is 17.6. The molecule has 0 aliphatic carbocycles. The van der Waals surface area contributed by atoms with Crippen LogP contribution in [0.1, 0.15) is 44.7 Å². The summed E-state index contributed by atoms with van der Waals surface area (Å²) in [5, 5.41) is 9.33. The highest BCUT2D eigenvalue weighted by atomic mass is 16.6. The van der Waals surface area contributed by atoms with Crippen LogP contribution in [0.5, 0.6) is 5.75 Å². The first kappa shape index (κ1) is 20.1. The summed E-state index contributed by atoms with van der Waals surface area (Å²) in [4.78, 5) is 22.6. The average Bonchev–Trinajstić information content (AvgIpc) is 3.16. The Morgan fingerprint density at radius 3 is 2.77 bits per heavy atom. The average molecular weight is 406 g/mol. The van der Waals surface area contributed by atoms with E-state index in [0.717, 1.165) is 41.8 Å². The molecular weight excluding hydrogens is 380 g/mol. The van der Waals surface area contributed by atoms with Gasteiger partial charge in [-0.05, 0) is 51.7 Å². The van der Waals surface area contributed by atoms with Crippen LogP contribution in [0.2, 0.25) is 0 Å². The molecule has 1 fully saturated rings. The number of carbonyl (C=O) groups is 1. The van der Waals surface area contributed by atoms with Gasteiger partial charge in [-0.25, -0.2) is 4.79 Å². The van der Waals surface area contributed by atoms with E-state index < -0.39 is 5.60 Å². The van der Waals surface area contributed by atoms with E-state index >= 15 is 0 Å². The number of nitrogens with zero attached hydrogens (tertiary/aromatic N) is 4. The molecule has 4 rings (SSSR count).